The largest absolute Gasteiger partial charge is 0.424 e. The Balaban J connectivity index is 2.14. The molecule has 1 saturated carbocycles. The SMILES string of the molecule is NC1CCCCC1C(=O)Oc1c(I)cc(I)cc1I. The number of benzene rings is 1. The Labute approximate surface area is 153 Å². The number of carbonyl (C=O) groups excluding carboxylic acids is 1. The lowest BCUT2D eigenvalue weighted by molar-refractivity contribution is -0.140. The van der Waals surface area contributed by atoms with Crippen molar-refractivity contribution in [2.24, 2.45) is 11.7 Å². The molecule has 0 radical (unpaired) electrons. The number of rotatable bonds is 2. The summed E-state index contributed by atoms with van der Waals surface area (Å²) >= 11 is 6.66. The van der Waals surface area contributed by atoms with Gasteiger partial charge in [0.05, 0.1) is 13.1 Å². The molecule has 0 aromatic heterocycles. The van der Waals surface area contributed by atoms with E-state index < -0.39 is 0 Å². The summed E-state index contributed by atoms with van der Waals surface area (Å²) in [6.45, 7) is 0. The summed E-state index contributed by atoms with van der Waals surface area (Å²) in [5.74, 6) is 0.341. The van der Waals surface area contributed by atoms with E-state index in [1.54, 1.807) is 0 Å². The van der Waals surface area contributed by atoms with E-state index in [1.165, 1.54) is 0 Å². The molecule has 2 atom stereocenters. The van der Waals surface area contributed by atoms with Gasteiger partial charge in [0.2, 0.25) is 0 Å². The zero-order valence-corrected chi connectivity index (χ0v) is 16.6. The third kappa shape index (κ3) is 4.16. The number of carbonyl (C=O) groups is 1. The highest BCUT2D eigenvalue weighted by Gasteiger charge is 2.30. The molecule has 1 aliphatic rings. The van der Waals surface area contributed by atoms with E-state index in [0.29, 0.717) is 5.75 Å². The first kappa shape index (κ1) is 16.2. The Hall–Kier alpha value is 0.840. The summed E-state index contributed by atoms with van der Waals surface area (Å²) in [4.78, 5) is 12.3. The first-order valence-electron chi connectivity index (χ1n) is 6.11. The van der Waals surface area contributed by atoms with Crippen LogP contribution < -0.4 is 10.5 Å². The first-order chi connectivity index (χ1) is 8.99. The van der Waals surface area contributed by atoms with Gasteiger partial charge < -0.3 is 10.5 Å². The minimum Gasteiger partial charge on any atom is -0.424 e. The molecule has 0 aliphatic heterocycles. The standard InChI is InChI=1S/C13H14I3NO2/c14-7-5-9(15)12(10(16)6-7)19-13(18)8-3-1-2-4-11(8)17/h5-6,8,11H,1-4,17H2. The Morgan fingerprint density at radius 1 is 1.16 bits per heavy atom. The molecule has 1 aromatic carbocycles. The van der Waals surface area contributed by atoms with Crippen LogP contribution in [-0.2, 0) is 4.79 Å². The van der Waals surface area contributed by atoms with Crippen molar-refractivity contribution in [3.05, 3.63) is 22.8 Å². The molecule has 1 fully saturated rings. The molecule has 104 valence electrons. The fourth-order valence-corrected chi connectivity index (χ4v) is 6.06. The fourth-order valence-electron chi connectivity index (χ4n) is 2.25. The number of hydrogen-bond acceptors (Lipinski definition) is 3. The van der Waals surface area contributed by atoms with Crippen LogP contribution in [0.25, 0.3) is 0 Å². The van der Waals surface area contributed by atoms with Crippen LogP contribution in [0.2, 0.25) is 0 Å². The molecule has 6 heteroatoms. The molecule has 19 heavy (non-hydrogen) atoms. The summed E-state index contributed by atoms with van der Waals surface area (Å²) in [6.07, 6.45) is 3.94. The Bertz CT molecular complexity index is 470. The van der Waals surface area contributed by atoms with Gasteiger partial charge in [0.25, 0.3) is 0 Å². The van der Waals surface area contributed by atoms with Crippen LogP contribution in [0.4, 0.5) is 0 Å². The van der Waals surface area contributed by atoms with Crippen LogP contribution in [0.15, 0.2) is 12.1 Å². The van der Waals surface area contributed by atoms with Gasteiger partial charge in [0, 0.05) is 9.61 Å². The minimum absolute atomic E-state index is 0.0552. The maximum atomic E-state index is 12.3. The highest BCUT2D eigenvalue weighted by Crippen LogP contribution is 2.31. The maximum absolute atomic E-state index is 12.3. The lowest BCUT2D eigenvalue weighted by Gasteiger charge is -2.26. The van der Waals surface area contributed by atoms with Gasteiger partial charge in [0.15, 0.2) is 5.75 Å². The van der Waals surface area contributed by atoms with Crippen molar-refractivity contribution in [2.75, 3.05) is 0 Å². The first-order valence-corrected chi connectivity index (χ1v) is 9.34. The molecule has 0 amide bonds. The monoisotopic (exact) mass is 597 g/mol. The number of halogens is 3. The summed E-state index contributed by atoms with van der Waals surface area (Å²) in [6, 6.07) is 3.96. The van der Waals surface area contributed by atoms with Crippen molar-refractivity contribution in [3.8, 4) is 5.75 Å². The zero-order valence-electron chi connectivity index (χ0n) is 10.2. The van der Waals surface area contributed by atoms with Crippen LogP contribution in [0.3, 0.4) is 0 Å². The average Bonchev–Trinajstić information content (AvgIpc) is 2.34. The van der Waals surface area contributed by atoms with Crippen LogP contribution in [0, 0.1) is 16.6 Å². The Morgan fingerprint density at radius 2 is 1.74 bits per heavy atom. The van der Waals surface area contributed by atoms with Crippen LogP contribution >= 0.6 is 67.8 Å². The molecular formula is C13H14I3NO2. The molecular weight excluding hydrogens is 583 g/mol. The predicted molar refractivity (Wildman–Crippen MR) is 100 cm³/mol. The molecule has 1 aromatic rings. The molecule has 3 nitrogen and oxygen atoms in total. The van der Waals surface area contributed by atoms with E-state index in [2.05, 4.69) is 67.8 Å². The molecule has 2 unspecified atom stereocenters. The highest BCUT2D eigenvalue weighted by molar-refractivity contribution is 14.1. The van der Waals surface area contributed by atoms with E-state index >= 15 is 0 Å². The summed E-state index contributed by atoms with van der Waals surface area (Å²) in [5, 5.41) is 0. The van der Waals surface area contributed by atoms with Gasteiger partial charge in [0.1, 0.15) is 0 Å². The lowest BCUT2D eigenvalue weighted by Crippen LogP contribution is -2.40. The molecule has 0 spiro atoms. The minimum atomic E-state index is -0.177. The number of ether oxygens (including phenoxy) is 1. The second kappa shape index (κ2) is 7.21. The van der Waals surface area contributed by atoms with Crippen molar-refractivity contribution in [1.29, 1.82) is 0 Å². The topological polar surface area (TPSA) is 52.3 Å². The summed E-state index contributed by atoms with van der Waals surface area (Å²) in [5.41, 5.74) is 6.03. The summed E-state index contributed by atoms with van der Waals surface area (Å²) < 4.78 is 8.67. The van der Waals surface area contributed by atoms with E-state index in [1.807, 2.05) is 12.1 Å². The average molecular weight is 597 g/mol. The molecule has 2 N–H and O–H groups in total. The van der Waals surface area contributed by atoms with Gasteiger partial charge in [-0.2, -0.15) is 0 Å². The highest BCUT2D eigenvalue weighted by atomic mass is 127. The van der Waals surface area contributed by atoms with Gasteiger partial charge in [-0.1, -0.05) is 12.8 Å². The summed E-state index contributed by atoms with van der Waals surface area (Å²) in [7, 11) is 0. The fraction of sp³-hybridized carbons (Fsp3) is 0.462. The van der Waals surface area contributed by atoms with E-state index in [9.17, 15) is 4.79 Å². The normalized spacial score (nSPS) is 23.2. The second-order valence-electron chi connectivity index (χ2n) is 4.67. The van der Waals surface area contributed by atoms with Gasteiger partial charge in [-0.25, -0.2) is 0 Å². The van der Waals surface area contributed by atoms with Gasteiger partial charge >= 0.3 is 5.97 Å². The van der Waals surface area contributed by atoms with Crippen molar-refractivity contribution in [3.63, 3.8) is 0 Å². The predicted octanol–water partition coefficient (Wildman–Crippen LogP) is 3.92. The van der Waals surface area contributed by atoms with E-state index in [0.717, 1.165) is 36.4 Å². The molecule has 1 aliphatic carbocycles. The van der Waals surface area contributed by atoms with Crippen LogP contribution in [0.5, 0.6) is 5.75 Å². The van der Waals surface area contributed by atoms with E-state index in [4.69, 9.17) is 10.5 Å². The number of nitrogens with two attached hydrogens (primary N) is 1. The van der Waals surface area contributed by atoms with Gasteiger partial charge in [-0.3, -0.25) is 4.79 Å². The lowest BCUT2D eigenvalue weighted by atomic mass is 9.85. The van der Waals surface area contributed by atoms with Crippen molar-refractivity contribution in [2.45, 2.75) is 31.7 Å². The van der Waals surface area contributed by atoms with Gasteiger partial charge in [-0.05, 0) is 92.7 Å². The third-order valence-electron chi connectivity index (χ3n) is 3.29. The quantitative estimate of drug-likeness (QED) is 0.320. The van der Waals surface area contributed by atoms with Crippen LogP contribution in [0.1, 0.15) is 25.7 Å². The van der Waals surface area contributed by atoms with Crippen molar-refractivity contribution >= 4 is 73.7 Å². The number of esters is 1. The molecule has 2 rings (SSSR count). The molecule has 0 bridgehead atoms. The van der Waals surface area contributed by atoms with E-state index in [-0.39, 0.29) is 17.9 Å². The molecule has 0 heterocycles. The van der Waals surface area contributed by atoms with Crippen molar-refractivity contribution < 1.29 is 9.53 Å². The smallest absolute Gasteiger partial charge is 0.315 e. The van der Waals surface area contributed by atoms with Gasteiger partial charge in [-0.15, -0.1) is 0 Å². The zero-order chi connectivity index (χ0) is 14.0. The van der Waals surface area contributed by atoms with Crippen molar-refractivity contribution in [1.82, 2.24) is 0 Å². The Morgan fingerprint density at radius 3 is 2.32 bits per heavy atom. The third-order valence-corrected chi connectivity index (χ3v) is 5.51. The maximum Gasteiger partial charge on any atom is 0.315 e. The Kier molecular flexibility index (Phi) is 6.15. The molecule has 0 saturated heterocycles. The number of hydrogen-bond donors (Lipinski definition) is 1. The second-order valence-corrected chi connectivity index (χ2v) is 8.24. The van der Waals surface area contributed by atoms with Crippen LogP contribution in [-0.4, -0.2) is 12.0 Å².